The fourth-order valence-corrected chi connectivity index (χ4v) is 5.71. The van der Waals surface area contributed by atoms with Gasteiger partial charge in [-0.2, -0.15) is 0 Å². The molecule has 2 fully saturated rings. The summed E-state index contributed by atoms with van der Waals surface area (Å²) in [5.41, 5.74) is 4.48. The molecule has 0 saturated carbocycles. The van der Waals surface area contributed by atoms with Gasteiger partial charge in [0.15, 0.2) is 0 Å². The third-order valence-electron chi connectivity index (χ3n) is 7.18. The molecule has 1 aliphatic carbocycles. The summed E-state index contributed by atoms with van der Waals surface area (Å²) < 4.78 is 11.7. The van der Waals surface area contributed by atoms with E-state index in [1.807, 2.05) is 49.9 Å². The van der Waals surface area contributed by atoms with Crippen molar-refractivity contribution in [3.8, 4) is 11.1 Å². The highest BCUT2D eigenvalue weighted by atomic mass is 16.6. The summed E-state index contributed by atoms with van der Waals surface area (Å²) in [6.07, 6.45) is 1.01. The Kier molecular flexibility index (Phi) is 5.32. The summed E-state index contributed by atoms with van der Waals surface area (Å²) in [5, 5.41) is 0. The fraction of sp³-hybridized carbons (Fsp3) is 0.481. The molecule has 5 nitrogen and oxygen atoms in total. The van der Waals surface area contributed by atoms with E-state index < -0.39 is 0 Å². The molecule has 3 aliphatic rings. The van der Waals surface area contributed by atoms with Crippen LogP contribution in [0.5, 0.6) is 0 Å². The number of carbonyl (C=O) groups is 2. The number of amides is 1. The molecule has 2 unspecified atom stereocenters. The lowest BCUT2D eigenvalue weighted by molar-refractivity contribution is -0.138. The second kappa shape index (κ2) is 8.04. The molecule has 2 heterocycles. The van der Waals surface area contributed by atoms with Gasteiger partial charge in [-0.15, -0.1) is 0 Å². The van der Waals surface area contributed by atoms with Gasteiger partial charge in [0.1, 0.15) is 12.4 Å². The number of carbonyl (C=O) groups excluding carboxylic acids is 2. The Morgan fingerprint density at radius 1 is 0.938 bits per heavy atom. The van der Waals surface area contributed by atoms with Crippen LogP contribution in [0.25, 0.3) is 11.1 Å². The molecule has 2 saturated heterocycles. The zero-order valence-corrected chi connectivity index (χ0v) is 19.0. The number of hydrogen-bond acceptors (Lipinski definition) is 4. The van der Waals surface area contributed by atoms with E-state index in [0.717, 1.165) is 0 Å². The maximum Gasteiger partial charge on any atom is 0.410 e. The predicted molar refractivity (Wildman–Crippen MR) is 122 cm³/mol. The van der Waals surface area contributed by atoms with E-state index in [0.29, 0.717) is 32.7 Å². The van der Waals surface area contributed by atoms with E-state index in [1.165, 1.54) is 22.3 Å². The standard InChI is InChI=1S/C27H31NO4/c1-27(2,3)25(29)17-12-18-14-31-15-19(13-17)28(18)26(30)32-16-24-22-10-6-4-8-20(22)21-9-5-7-11-23(21)24/h4-11,17-19,24H,12-16H2,1-3H3. The second-order valence-electron chi connectivity index (χ2n) is 10.3. The Bertz CT molecular complexity index is 980. The Morgan fingerprint density at radius 3 is 2.00 bits per heavy atom. The third-order valence-corrected chi connectivity index (χ3v) is 7.18. The minimum atomic E-state index is -0.369. The quantitative estimate of drug-likeness (QED) is 0.681. The van der Waals surface area contributed by atoms with E-state index in [9.17, 15) is 9.59 Å². The Hall–Kier alpha value is -2.66. The molecular weight excluding hydrogens is 402 g/mol. The molecule has 0 N–H and O–H groups in total. The van der Waals surface area contributed by atoms with Crippen molar-refractivity contribution in [2.24, 2.45) is 11.3 Å². The number of morpholine rings is 1. The highest BCUT2D eigenvalue weighted by molar-refractivity contribution is 5.86. The monoisotopic (exact) mass is 433 g/mol. The number of ether oxygens (including phenoxy) is 2. The van der Waals surface area contributed by atoms with Gasteiger partial charge in [0.05, 0.1) is 25.3 Å². The molecule has 2 aromatic carbocycles. The lowest BCUT2D eigenvalue weighted by atomic mass is 9.75. The van der Waals surface area contributed by atoms with Crippen LogP contribution in [0.3, 0.4) is 0 Å². The van der Waals surface area contributed by atoms with E-state index in [2.05, 4.69) is 24.3 Å². The highest BCUT2D eigenvalue weighted by Crippen LogP contribution is 2.45. The summed E-state index contributed by atoms with van der Waals surface area (Å²) in [5.74, 6) is 0.301. The molecule has 32 heavy (non-hydrogen) atoms. The number of hydrogen-bond donors (Lipinski definition) is 0. The molecule has 0 aromatic heterocycles. The molecule has 2 aliphatic heterocycles. The predicted octanol–water partition coefficient (Wildman–Crippen LogP) is 5.03. The van der Waals surface area contributed by atoms with Crippen LogP contribution in [0, 0.1) is 11.3 Å². The summed E-state index contributed by atoms with van der Waals surface area (Å²) >= 11 is 0. The first-order valence-electron chi connectivity index (χ1n) is 11.6. The molecule has 5 heteroatoms. The van der Waals surface area contributed by atoms with Crippen molar-refractivity contribution in [1.82, 2.24) is 4.90 Å². The van der Waals surface area contributed by atoms with Crippen molar-refractivity contribution in [3.05, 3.63) is 59.7 Å². The van der Waals surface area contributed by atoms with Crippen LogP contribution in [0.4, 0.5) is 4.79 Å². The highest BCUT2D eigenvalue weighted by Gasteiger charge is 2.46. The van der Waals surface area contributed by atoms with E-state index in [1.54, 1.807) is 0 Å². The van der Waals surface area contributed by atoms with Crippen molar-refractivity contribution in [2.75, 3.05) is 19.8 Å². The maximum atomic E-state index is 13.2. The molecule has 168 valence electrons. The van der Waals surface area contributed by atoms with E-state index in [4.69, 9.17) is 9.47 Å². The molecular formula is C27H31NO4. The van der Waals surface area contributed by atoms with Gasteiger partial charge in [0.25, 0.3) is 0 Å². The van der Waals surface area contributed by atoms with Gasteiger partial charge in [-0.25, -0.2) is 4.79 Å². The third kappa shape index (κ3) is 3.62. The van der Waals surface area contributed by atoms with Crippen LogP contribution < -0.4 is 0 Å². The van der Waals surface area contributed by atoms with Gasteiger partial charge in [0, 0.05) is 17.3 Å². The molecule has 2 atom stereocenters. The molecule has 0 radical (unpaired) electrons. The zero-order chi connectivity index (χ0) is 22.5. The van der Waals surface area contributed by atoms with Crippen LogP contribution in [0.1, 0.15) is 50.7 Å². The number of benzene rings is 2. The number of Topliss-reactive ketones (excluding diaryl/α,β-unsaturated/α-hetero) is 1. The Morgan fingerprint density at radius 2 is 1.47 bits per heavy atom. The summed E-state index contributed by atoms with van der Waals surface area (Å²) in [6, 6.07) is 16.5. The van der Waals surface area contributed by atoms with E-state index >= 15 is 0 Å². The SMILES string of the molecule is CC(C)(C)C(=O)C1CC2COCC(C1)N2C(=O)OCC1c2ccccc2-c2ccccc21. The average Bonchev–Trinajstić information content (AvgIpc) is 3.09. The van der Waals surface area contributed by atoms with Crippen molar-refractivity contribution in [2.45, 2.75) is 51.6 Å². The number of fused-ring (bicyclic) bond motifs is 5. The van der Waals surface area contributed by atoms with Gasteiger partial charge in [-0.05, 0) is 35.1 Å². The first kappa shape index (κ1) is 21.2. The zero-order valence-electron chi connectivity index (χ0n) is 19.0. The van der Waals surface area contributed by atoms with Gasteiger partial charge in [0.2, 0.25) is 0 Å². The van der Waals surface area contributed by atoms with Crippen LogP contribution in [0.15, 0.2) is 48.5 Å². The lowest BCUT2D eigenvalue weighted by Gasteiger charge is -2.48. The van der Waals surface area contributed by atoms with Gasteiger partial charge < -0.3 is 9.47 Å². The van der Waals surface area contributed by atoms with Crippen LogP contribution in [0.2, 0.25) is 0 Å². The molecule has 0 spiro atoms. The van der Waals surface area contributed by atoms with Gasteiger partial charge >= 0.3 is 6.09 Å². The van der Waals surface area contributed by atoms with Crippen LogP contribution in [-0.2, 0) is 14.3 Å². The normalized spacial score (nSPS) is 24.6. The molecule has 1 amide bonds. The van der Waals surface area contributed by atoms with Crippen molar-refractivity contribution in [1.29, 1.82) is 0 Å². The summed E-state index contributed by atoms with van der Waals surface area (Å²) in [6.45, 7) is 7.16. The molecule has 2 aromatic rings. The second-order valence-corrected chi connectivity index (χ2v) is 10.3. The van der Waals surface area contributed by atoms with E-state index in [-0.39, 0.29) is 41.2 Å². The van der Waals surface area contributed by atoms with Crippen molar-refractivity contribution >= 4 is 11.9 Å². The molecule has 2 bridgehead atoms. The van der Waals surface area contributed by atoms with Crippen LogP contribution in [-0.4, -0.2) is 48.7 Å². The lowest BCUT2D eigenvalue weighted by Crippen LogP contribution is -2.60. The smallest absolute Gasteiger partial charge is 0.410 e. The summed E-state index contributed by atoms with van der Waals surface area (Å²) in [4.78, 5) is 28.0. The number of nitrogens with zero attached hydrogens (tertiary/aromatic N) is 1. The average molecular weight is 434 g/mol. The summed E-state index contributed by atoms with van der Waals surface area (Å²) in [7, 11) is 0. The number of rotatable bonds is 3. The first-order valence-corrected chi connectivity index (χ1v) is 11.6. The maximum absolute atomic E-state index is 13.2. The largest absolute Gasteiger partial charge is 0.448 e. The van der Waals surface area contributed by atoms with Crippen molar-refractivity contribution in [3.63, 3.8) is 0 Å². The molecule has 5 rings (SSSR count). The topological polar surface area (TPSA) is 55.8 Å². The number of piperidine rings is 1. The minimum absolute atomic E-state index is 0.0217. The Labute approximate surface area is 189 Å². The van der Waals surface area contributed by atoms with Crippen LogP contribution >= 0.6 is 0 Å². The van der Waals surface area contributed by atoms with Crippen molar-refractivity contribution < 1.29 is 19.1 Å². The first-order chi connectivity index (χ1) is 15.3. The minimum Gasteiger partial charge on any atom is -0.448 e. The Balaban J connectivity index is 1.31. The van der Waals surface area contributed by atoms with Gasteiger partial charge in [-0.1, -0.05) is 69.3 Å². The van der Waals surface area contributed by atoms with Gasteiger partial charge in [-0.3, -0.25) is 9.69 Å². The number of ketones is 1. The fourth-order valence-electron chi connectivity index (χ4n) is 5.71.